The van der Waals surface area contributed by atoms with Gasteiger partial charge in [0.25, 0.3) is 0 Å². The van der Waals surface area contributed by atoms with Crippen molar-refractivity contribution < 1.29 is 31.9 Å². The number of methoxy groups -OCH3 is 2. The molecule has 0 aliphatic heterocycles. The van der Waals surface area contributed by atoms with E-state index in [1.807, 2.05) is 34.2 Å². The summed E-state index contributed by atoms with van der Waals surface area (Å²) in [4.78, 5) is 20.2. The van der Waals surface area contributed by atoms with Crippen LogP contribution in [0.3, 0.4) is 0 Å². The average molecular weight is 571 g/mol. The van der Waals surface area contributed by atoms with Crippen LogP contribution in [-0.2, 0) is 19.1 Å². The fraction of sp³-hybridized carbons (Fsp3) is 0.214. The highest BCUT2D eigenvalue weighted by molar-refractivity contribution is 7.15. The number of furan rings is 1. The minimum Gasteiger partial charge on any atom is -0.497 e. The van der Waals surface area contributed by atoms with E-state index in [1.54, 1.807) is 31.3 Å². The maximum atomic E-state index is 13.2. The number of nitrogens with one attached hydrogen (secondary N) is 1. The van der Waals surface area contributed by atoms with E-state index in [1.165, 1.54) is 29.7 Å². The van der Waals surface area contributed by atoms with Gasteiger partial charge in [-0.1, -0.05) is 0 Å². The van der Waals surface area contributed by atoms with Crippen molar-refractivity contribution in [2.24, 2.45) is 0 Å². The molecule has 2 aromatic carbocycles. The minimum absolute atomic E-state index is 0.183. The highest BCUT2D eigenvalue weighted by atomic mass is 32.1. The molecule has 0 atom stereocenters. The van der Waals surface area contributed by atoms with Crippen molar-refractivity contribution in [3.8, 4) is 22.8 Å². The standard InChI is InChI=1S/C28H25F3N4O4S/c1-37-21-9-10-25(38-2)23(14-21)24-16-35-20(17-40-27(35)33-24)11-12-34(15-22-4-3-13-39-22)26(36)32-19-7-5-18(6-8-19)28(29,30)31/h3-10,13-14,16-17H,11-12,15H2,1-2H3,(H,32,36). The lowest BCUT2D eigenvalue weighted by Gasteiger charge is -2.22. The van der Waals surface area contributed by atoms with Gasteiger partial charge in [-0.15, -0.1) is 11.3 Å². The van der Waals surface area contributed by atoms with Gasteiger partial charge < -0.3 is 24.1 Å². The third-order valence-electron chi connectivity index (χ3n) is 6.28. The van der Waals surface area contributed by atoms with Gasteiger partial charge in [0.2, 0.25) is 0 Å². The summed E-state index contributed by atoms with van der Waals surface area (Å²) in [6.45, 7) is 0.498. The number of halogens is 3. The zero-order valence-electron chi connectivity index (χ0n) is 21.6. The first-order valence-corrected chi connectivity index (χ1v) is 13.1. The lowest BCUT2D eigenvalue weighted by molar-refractivity contribution is -0.137. The Morgan fingerprint density at radius 2 is 1.93 bits per heavy atom. The van der Waals surface area contributed by atoms with E-state index in [-0.39, 0.29) is 12.2 Å². The summed E-state index contributed by atoms with van der Waals surface area (Å²) in [7, 11) is 3.19. The zero-order chi connectivity index (χ0) is 28.3. The van der Waals surface area contributed by atoms with E-state index in [2.05, 4.69) is 5.32 Å². The number of hydrogen-bond acceptors (Lipinski definition) is 6. The maximum Gasteiger partial charge on any atom is 0.416 e. The number of anilines is 1. The molecule has 40 heavy (non-hydrogen) atoms. The number of thiazole rings is 1. The van der Waals surface area contributed by atoms with Crippen molar-refractivity contribution in [3.63, 3.8) is 0 Å². The lowest BCUT2D eigenvalue weighted by atomic mass is 10.1. The van der Waals surface area contributed by atoms with Crippen LogP contribution in [0.2, 0.25) is 0 Å². The number of ether oxygens (including phenoxy) is 2. The second-order valence-corrected chi connectivity index (χ2v) is 9.66. The second kappa shape index (κ2) is 11.3. The normalized spacial score (nSPS) is 11.5. The lowest BCUT2D eigenvalue weighted by Crippen LogP contribution is -2.36. The molecule has 5 rings (SSSR count). The molecule has 8 nitrogen and oxygen atoms in total. The Hall–Kier alpha value is -4.45. The largest absolute Gasteiger partial charge is 0.497 e. The molecule has 0 fully saturated rings. The molecular formula is C28H25F3N4O4S. The SMILES string of the molecule is COc1ccc(OC)c(-c2cn3c(CCN(Cc4ccco4)C(=O)Nc4ccc(C(F)(F)F)cc4)csc3n2)c1. The van der Waals surface area contributed by atoms with Crippen LogP contribution in [0, 0.1) is 0 Å². The molecule has 0 saturated carbocycles. The molecule has 1 N–H and O–H groups in total. The van der Waals surface area contributed by atoms with Crippen molar-refractivity contribution in [3.05, 3.63) is 89.5 Å². The van der Waals surface area contributed by atoms with E-state index in [4.69, 9.17) is 18.9 Å². The van der Waals surface area contributed by atoms with E-state index in [0.29, 0.717) is 30.2 Å². The fourth-order valence-corrected chi connectivity index (χ4v) is 5.10. The number of alkyl halides is 3. The van der Waals surface area contributed by atoms with Crippen molar-refractivity contribution in [2.75, 3.05) is 26.1 Å². The molecule has 3 aromatic heterocycles. The first-order chi connectivity index (χ1) is 19.2. The number of carbonyl (C=O) groups excluding carboxylic acids is 1. The first-order valence-electron chi connectivity index (χ1n) is 12.2. The van der Waals surface area contributed by atoms with Crippen LogP contribution in [0.4, 0.5) is 23.7 Å². The number of aromatic nitrogens is 2. The van der Waals surface area contributed by atoms with Crippen LogP contribution in [0.5, 0.6) is 11.5 Å². The van der Waals surface area contributed by atoms with Crippen LogP contribution in [-0.4, -0.2) is 41.1 Å². The highest BCUT2D eigenvalue weighted by Crippen LogP contribution is 2.34. The zero-order valence-corrected chi connectivity index (χ0v) is 22.4. The number of fused-ring (bicyclic) bond motifs is 1. The Balaban J connectivity index is 1.35. The molecule has 2 amide bonds. The summed E-state index contributed by atoms with van der Waals surface area (Å²) in [6, 6.07) is 12.8. The van der Waals surface area contributed by atoms with Gasteiger partial charge in [0, 0.05) is 41.5 Å². The summed E-state index contributed by atoms with van der Waals surface area (Å²) < 4.78 is 57.0. The van der Waals surface area contributed by atoms with Gasteiger partial charge in [-0.25, -0.2) is 9.78 Å². The van der Waals surface area contributed by atoms with Gasteiger partial charge in [-0.2, -0.15) is 13.2 Å². The van der Waals surface area contributed by atoms with Gasteiger partial charge in [0.15, 0.2) is 4.96 Å². The Morgan fingerprint density at radius 3 is 2.60 bits per heavy atom. The molecule has 12 heteroatoms. The first kappa shape index (κ1) is 27.1. The molecule has 0 saturated heterocycles. The summed E-state index contributed by atoms with van der Waals surface area (Å²) in [5.41, 5.74) is 1.92. The predicted octanol–water partition coefficient (Wildman–Crippen LogP) is 6.97. The average Bonchev–Trinajstić information content (AvgIpc) is 3.69. The van der Waals surface area contributed by atoms with Crippen LogP contribution >= 0.6 is 11.3 Å². The Bertz CT molecular complexity index is 1590. The monoisotopic (exact) mass is 570 g/mol. The van der Waals surface area contributed by atoms with Crippen molar-refractivity contribution in [1.82, 2.24) is 14.3 Å². The number of carbonyl (C=O) groups is 1. The number of benzene rings is 2. The number of hydrogen-bond donors (Lipinski definition) is 1. The molecule has 0 aliphatic rings. The molecule has 5 aromatic rings. The molecule has 3 heterocycles. The molecule has 0 aliphatic carbocycles. The third kappa shape index (κ3) is 5.91. The van der Waals surface area contributed by atoms with Crippen LogP contribution in [0.25, 0.3) is 16.2 Å². The maximum absolute atomic E-state index is 13.2. The number of urea groups is 1. The van der Waals surface area contributed by atoms with Gasteiger partial charge in [0.1, 0.15) is 17.3 Å². The quantitative estimate of drug-likeness (QED) is 0.207. The smallest absolute Gasteiger partial charge is 0.416 e. The molecule has 0 radical (unpaired) electrons. The van der Waals surface area contributed by atoms with Crippen molar-refractivity contribution >= 4 is 28.0 Å². The number of nitrogens with zero attached hydrogens (tertiary/aromatic N) is 3. The van der Waals surface area contributed by atoms with Gasteiger partial charge >= 0.3 is 12.2 Å². The Labute approximate surface area is 231 Å². The number of rotatable bonds is 9. The molecule has 208 valence electrons. The summed E-state index contributed by atoms with van der Waals surface area (Å²) in [6.07, 6.45) is -0.530. The Morgan fingerprint density at radius 1 is 1.12 bits per heavy atom. The fourth-order valence-electron chi connectivity index (χ4n) is 4.19. The summed E-state index contributed by atoms with van der Waals surface area (Å²) >= 11 is 1.47. The third-order valence-corrected chi connectivity index (χ3v) is 7.17. The molecule has 0 unspecified atom stereocenters. The van der Waals surface area contributed by atoms with E-state index >= 15 is 0 Å². The van der Waals surface area contributed by atoms with E-state index in [0.717, 1.165) is 34.0 Å². The van der Waals surface area contributed by atoms with Crippen LogP contribution in [0.1, 0.15) is 17.0 Å². The Kier molecular flexibility index (Phi) is 7.69. The van der Waals surface area contributed by atoms with Crippen molar-refractivity contribution in [2.45, 2.75) is 19.1 Å². The van der Waals surface area contributed by atoms with Gasteiger partial charge in [0.05, 0.1) is 38.3 Å². The molecule has 0 spiro atoms. The highest BCUT2D eigenvalue weighted by Gasteiger charge is 2.30. The number of imidazole rings is 1. The minimum atomic E-state index is -4.45. The van der Waals surface area contributed by atoms with Crippen LogP contribution in [0.15, 0.2) is 76.9 Å². The predicted molar refractivity (Wildman–Crippen MR) is 145 cm³/mol. The van der Waals surface area contributed by atoms with Crippen LogP contribution < -0.4 is 14.8 Å². The second-order valence-electron chi connectivity index (χ2n) is 8.83. The topological polar surface area (TPSA) is 81.2 Å². The molecule has 0 bridgehead atoms. The van der Waals surface area contributed by atoms with E-state index in [9.17, 15) is 18.0 Å². The van der Waals surface area contributed by atoms with Gasteiger partial charge in [-0.05, 0) is 54.6 Å². The molecular weight excluding hydrogens is 545 g/mol. The van der Waals surface area contributed by atoms with Gasteiger partial charge in [-0.3, -0.25) is 4.40 Å². The summed E-state index contributed by atoms with van der Waals surface area (Å²) in [5, 5.41) is 4.67. The summed E-state index contributed by atoms with van der Waals surface area (Å²) in [5.74, 6) is 1.92. The van der Waals surface area contributed by atoms with E-state index < -0.39 is 17.8 Å². The van der Waals surface area contributed by atoms with Crippen molar-refractivity contribution in [1.29, 1.82) is 0 Å². The number of amides is 2.